The van der Waals surface area contributed by atoms with Crippen LogP contribution in [0.15, 0.2) is 17.3 Å². The molecule has 0 aliphatic carbocycles. The number of carbonyl (C=O) groups excluding carboxylic acids is 1. The van der Waals surface area contributed by atoms with E-state index in [2.05, 4.69) is 20.0 Å². The van der Waals surface area contributed by atoms with E-state index in [-0.39, 0.29) is 23.3 Å². The lowest BCUT2D eigenvalue weighted by Gasteiger charge is -2.35. The SMILES string of the molecule is Cc1cc(C)n(-c2cc(N3C[C@@H]4C[C@H]3CN4C(=O)OC(C)(C)C)nc(S(C)(=O)=O)n2)n1. The molecule has 2 bridgehead atoms. The van der Waals surface area contributed by atoms with Crippen molar-refractivity contribution in [2.75, 3.05) is 24.2 Å². The third kappa shape index (κ3) is 4.23. The van der Waals surface area contributed by atoms with Gasteiger partial charge in [0.1, 0.15) is 11.4 Å². The molecule has 0 N–H and O–H groups in total. The predicted octanol–water partition coefficient (Wildman–Crippen LogP) is 1.88. The van der Waals surface area contributed by atoms with Gasteiger partial charge in [0.15, 0.2) is 5.82 Å². The van der Waals surface area contributed by atoms with Gasteiger partial charge in [-0.2, -0.15) is 10.1 Å². The number of fused-ring (bicyclic) bond motifs is 2. The molecule has 10 nitrogen and oxygen atoms in total. The summed E-state index contributed by atoms with van der Waals surface area (Å²) in [4.78, 5) is 24.9. The highest BCUT2D eigenvalue weighted by Crippen LogP contribution is 2.35. The van der Waals surface area contributed by atoms with Crippen LogP contribution in [0.3, 0.4) is 0 Å². The molecular formula is C20H28N6O4S. The van der Waals surface area contributed by atoms with Crippen LogP contribution in [0.2, 0.25) is 0 Å². The number of carbonyl (C=O) groups is 1. The van der Waals surface area contributed by atoms with Crippen molar-refractivity contribution in [3.05, 3.63) is 23.5 Å². The lowest BCUT2D eigenvalue weighted by Crippen LogP contribution is -2.50. The first-order valence-corrected chi connectivity index (χ1v) is 12.1. The van der Waals surface area contributed by atoms with E-state index in [1.165, 1.54) is 0 Å². The Hall–Kier alpha value is -2.69. The molecule has 2 aliphatic heterocycles. The quantitative estimate of drug-likeness (QED) is 0.655. The van der Waals surface area contributed by atoms with Crippen LogP contribution in [0.5, 0.6) is 0 Å². The second kappa shape index (κ2) is 7.18. The van der Waals surface area contributed by atoms with Crippen molar-refractivity contribution in [2.45, 2.75) is 63.9 Å². The van der Waals surface area contributed by atoms with Gasteiger partial charge in [-0.25, -0.2) is 22.9 Å². The summed E-state index contributed by atoms with van der Waals surface area (Å²) in [6.07, 6.45) is 1.56. The topological polar surface area (TPSA) is 111 Å². The Morgan fingerprint density at radius 1 is 1.10 bits per heavy atom. The van der Waals surface area contributed by atoms with Gasteiger partial charge in [0.05, 0.1) is 17.8 Å². The first kappa shape index (κ1) is 21.5. The molecule has 0 radical (unpaired) electrons. The zero-order valence-electron chi connectivity index (χ0n) is 18.7. The standard InChI is InChI=1S/C20H28N6O4S/c1-12-7-13(2)26(23-12)17-9-16(21-18(22-17)31(6,28)29)24-10-15-8-14(24)11-25(15)19(27)30-20(3,4)5/h7,9,14-15H,8,10-11H2,1-6H3/t14-,15-/m0/s1. The van der Waals surface area contributed by atoms with Gasteiger partial charge in [-0.1, -0.05) is 0 Å². The van der Waals surface area contributed by atoms with Crippen LogP contribution in [0.1, 0.15) is 38.6 Å². The Labute approximate surface area is 182 Å². The van der Waals surface area contributed by atoms with Crippen molar-refractivity contribution < 1.29 is 17.9 Å². The van der Waals surface area contributed by atoms with Crippen molar-refractivity contribution >= 4 is 21.7 Å². The molecule has 2 aliphatic rings. The fourth-order valence-corrected chi connectivity index (χ4v) is 4.69. The van der Waals surface area contributed by atoms with Gasteiger partial charge >= 0.3 is 6.09 Å². The minimum atomic E-state index is -3.62. The molecule has 4 rings (SSSR count). The molecule has 11 heteroatoms. The van der Waals surface area contributed by atoms with Crippen LogP contribution in [0.25, 0.3) is 5.82 Å². The average molecular weight is 449 g/mol. The zero-order valence-corrected chi connectivity index (χ0v) is 19.5. The van der Waals surface area contributed by atoms with Gasteiger partial charge in [-0.05, 0) is 47.1 Å². The van der Waals surface area contributed by atoms with E-state index in [9.17, 15) is 13.2 Å². The first-order chi connectivity index (χ1) is 14.3. The monoisotopic (exact) mass is 448 g/mol. The fourth-order valence-electron chi connectivity index (χ4n) is 4.18. The molecule has 0 spiro atoms. The number of aryl methyl sites for hydroxylation is 2. The third-order valence-corrected chi connectivity index (χ3v) is 6.25. The molecule has 31 heavy (non-hydrogen) atoms. The fraction of sp³-hybridized carbons (Fsp3) is 0.600. The van der Waals surface area contributed by atoms with Gasteiger partial charge in [0.25, 0.3) is 5.16 Å². The molecule has 2 saturated heterocycles. The number of likely N-dealkylation sites (tertiary alicyclic amines) is 1. The maximum absolute atomic E-state index is 12.5. The number of aromatic nitrogens is 4. The summed E-state index contributed by atoms with van der Waals surface area (Å²) < 4.78 is 31.7. The van der Waals surface area contributed by atoms with Gasteiger partial charge in [-0.3, -0.25) is 0 Å². The molecule has 2 atom stereocenters. The molecule has 2 aromatic rings. The Morgan fingerprint density at radius 3 is 2.29 bits per heavy atom. The van der Waals surface area contributed by atoms with Crippen molar-refractivity contribution in [1.82, 2.24) is 24.6 Å². The highest BCUT2D eigenvalue weighted by Gasteiger charge is 2.47. The smallest absolute Gasteiger partial charge is 0.410 e. The van der Waals surface area contributed by atoms with E-state index < -0.39 is 15.4 Å². The molecule has 1 amide bonds. The van der Waals surface area contributed by atoms with E-state index >= 15 is 0 Å². The maximum Gasteiger partial charge on any atom is 0.410 e. The molecule has 4 heterocycles. The Kier molecular flexibility index (Phi) is 4.99. The van der Waals surface area contributed by atoms with E-state index in [1.807, 2.05) is 40.7 Å². The van der Waals surface area contributed by atoms with Crippen LogP contribution >= 0.6 is 0 Å². The van der Waals surface area contributed by atoms with Gasteiger partial charge in [-0.15, -0.1) is 0 Å². The van der Waals surface area contributed by atoms with E-state index in [4.69, 9.17) is 4.74 Å². The van der Waals surface area contributed by atoms with Crippen LogP contribution in [0.4, 0.5) is 10.6 Å². The summed E-state index contributed by atoms with van der Waals surface area (Å²) in [5, 5.41) is 4.20. The van der Waals surface area contributed by atoms with Gasteiger partial charge in [0, 0.05) is 31.1 Å². The number of ether oxygens (including phenoxy) is 1. The first-order valence-electron chi connectivity index (χ1n) is 10.2. The number of amides is 1. The summed E-state index contributed by atoms with van der Waals surface area (Å²) in [5.74, 6) is 0.928. The minimum Gasteiger partial charge on any atom is -0.444 e. The second-order valence-corrected chi connectivity index (χ2v) is 11.2. The normalized spacial score (nSPS) is 21.1. The molecule has 2 fully saturated rings. The number of rotatable bonds is 3. The molecule has 168 valence electrons. The summed E-state index contributed by atoms with van der Waals surface area (Å²) in [6, 6.07) is 3.69. The largest absolute Gasteiger partial charge is 0.444 e. The van der Waals surface area contributed by atoms with Crippen LogP contribution in [0, 0.1) is 13.8 Å². The van der Waals surface area contributed by atoms with E-state index in [0.29, 0.717) is 24.7 Å². The molecule has 0 aromatic carbocycles. The van der Waals surface area contributed by atoms with Crippen molar-refractivity contribution in [1.29, 1.82) is 0 Å². The third-order valence-electron chi connectivity index (χ3n) is 5.40. The van der Waals surface area contributed by atoms with Crippen molar-refractivity contribution in [3.63, 3.8) is 0 Å². The Morgan fingerprint density at radius 2 is 1.77 bits per heavy atom. The number of hydrogen-bond acceptors (Lipinski definition) is 8. The molecule has 0 unspecified atom stereocenters. The minimum absolute atomic E-state index is 0.00590. The molecular weight excluding hydrogens is 420 g/mol. The Bertz CT molecular complexity index is 1140. The van der Waals surface area contributed by atoms with E-state index in [0.717, 1.165) is 24.1 Å². The van der Waals surface area contributed by atoms with Gasteiger partial charge in [0.2, 0.25) is 9.84 Å². The summed E-state index contributed by atoms with van der Waals surface area (Å²) in [7, 11) is -3.62. The molecule has 2 aromatic heterocycles. The predicted molar refractivity (Wildman–Crippen MR) is 114 cm³/mol. The van der Waals surface area contributed by atoms with Crippen molar-refractivity contribution in [2.24, 2.45) is 0 Å². The number of hydrogen-bond donors (Lipinski definition) is 0. The van der Waals surface area contributed by atoms with E-state index in [1.54, 1.807) is 15.6 Å². The van der Waals surface area contributed by atoms with Crippen LogP contribution < -0.4 is 4.90 Å². The maximum atomic E-state index is 12.5. The second-order valence-electron chi connectivity index (χ2n) is 9.31. The molecule has 0 saturated carbocycles. The summed E-state index contributed by atoms with van der Waals surface area (Å²) in [6.45, 7) is 10.4. The number of piperazine rings is 1. The van der Waals surface area contributed by atoms with Crippen molar-refractivity contribution in [3.8, 4) is 5.82 Å². The lowest BCUT2D eigenvalue weighted by molar-refractivity contribution is 0.0214. The summed E-state index contributed by atoms with van der Waals surface area (Å²) >= 11 is 0. The number of nitrogens with zero attached hydrogens (tertiary/aromatic N) is 6. The zero-order chi connectivity index (χ0) is 22.7. The Balaban J connectivity index is 1.65. The van der Waals surface area contributed by atoms with Crippen LogP contribution in [-0.4, -0.2) is 76.2 Å². The number of sulfone groups is 1. The lowest BCUT2D eigenvalue weighted by atomic mass is 10.2. The van der Waals surface area contributed by atoms with Crippen LogP contribution in [-0.2, 0) is 14.6 Å². The highest BCUT2D eigenvalue weighted by molar-refractivity contribution is 7.90. The number of anilines is 1. The highest BCUT2D eigenvalue weighted by atomic mass is 32.2. The van der Waals surface area contributed by atoms with Gasteiger partial charge < -0.3 is 14.5 Å². The summed E-state index contributed by atoms with van der Waals surface area (Å²) in [5.41, 5.74) is 1.11. The average Bonchev–Trinajstić information content (AvgIpc) is 3.32.